The zero-order valence-electron chi connectivity index (χ0n) is 12.0. The first-order chi connectivity index (χ1) is 10.8. The molecule has 0 amide bonds. The van der Waals surface area contributed by atoms with Crippen LogP contribution in [-0.4, -0.2) is 10.8 Å². The quantitative estimate of drug-likeness (QED) is 0.868. The molecule has 2 heteroatoms. The molecule has 0 spiro atoms. The van der Waals surface area contributed by atoms with Crippen LogP contribution in [0.5, 0.6) is 5.75 Å². The van der Waals surface area contributed by atoms with Gasteiger partial charge in [-0.1, -0.05) is 60.7 Å². The molecule has 2 aliphatic rings. The van der Waals surface area contributed by atoms with E-state index in [0.717, 1.165) is 22.5 Å². The van der Waals surface area contributed by atoms with Crippen molar-refractivity contribution in [3.63, 3.8) is 0 Å². The summed E-state index contributed by atoms with van der Waals surface area (Å²) in [6.45, 7) is 0. The van der Waals surface area contributed by atoms with Gasteiger partial charge in [-0.3, -0.25) is 4.99 Å². The molecule has 0 fully saturated rings. The van der Waals surface area contributed by atoms with E-state index in [1.807, 2.05) is 36.4 Å². The molecule has 4 rings (SSSR count). The van der Waals surface area contributed by atoms with Gasteiger partial charge < -0.3 is 5.11 Å². The summed E-state index contributed by atoms with van der Waals surface area (Å²) in [5, 5.41) is 9.54. The molecule has 2 aromatic carbocycles. The smallest absolute Gasteiger partial charge is 0.115 e. The van der Waals surface area contributed by atoms with Crippen molar-refractivity contribution in [1.82, 2.24) is 0 Å². The minimum absolute atomic E-state index is 0.185. The molecular weight excluding hydrogens is 270 g/mol. The number of hydrogen-bond donors (Lipinski definition) is 1. The van der Waals surface area contributed by atoms with Crippen molar-refractivity contribution in [1.29, 1.82) is 0 Å². The van der Waals surface area contributed by atoms with E-state index in [-0.39, 0.29) is 11.7 Å². The monoisotopic (exact) mass is 285 g/mol. The van der Waals surface area contributed by atoms with Gasteiger partial charge in [0.2, 0.25) is 0 Å². The maximum atomic E-state index is 9.54. The molecule has 0 unspecified atom stereocenters. The van der Waals surface area contributed by atoms with Crippen LogP contribution >= 0.6 is 0 Å². The number of phenolic OH excluding ortho intramolecular Hbond substituents is 1. The Morgan fingerprint density at radius 3 is 2.36 bits per heavy atom. The van der Waals surface area contributed by atoms with Crippen molar-refractivity contribution < 1.29 is 5.11 Å². The average Bonchev–Trinajstić information content (AvgIpc) is 2.96. The van der Waals surface area contributed by atoms with E-state index >= 15 is 0 Å². The van der Waals surface area contributed by atoms with E-state index in [1.54, 1.807) is 12.1 Å². The predicted octanol–water partition coefficient (Wildman–Crippen LogP) is 4.46. The molecule has 0 aromatic heterocycles. The molecule has 22 heavy (non-hydrogen) atoms. The van der Waals surface area contributed by atoms with Gasteiger partial charge in [0.1, 0.15) is 5.75 Å². The van der Waals surface area contributed by atoms with Crippen LogP contribution in [0.3, 0.4) is 0 Å². The highest BCUT2D eigenvalue weighted by atomic mass is 16.3. The Labute approximate surface area is 129 Å². The Kier molecular flexibility index (Phi) is 3.01. The van der Waals surface area contributed by atoms with E-state index in [9.17, 15) is 5.11 Å². The minimum atomic E-state index is 0.185. The summed E-state index contributed by atoms with van der Waals surface area (Å²) < 4.78 is 0. The number of rotatable bonds is 2. The molecule has 1 atom stereocenters. The molecule has 2 nitrogen and oxygen atoms in total. The van der Waals surface area contributed by atoms with Gasteiger partial charge in [0.15, 0.2) is 0 Å². The molecule has 0 saturated heterocycles. The van der Waals surface area contributed by atoms with Crippen molar-refractivity contribution in [2.45, 2.75) is 0 Å². The summed E-state index contributed by atoms with van der Waals surface area (Å²) in [6, 6.07) is 17.6. The van der Waals surface area contributed by atoms with Crippen LogP contribution in [0.2, 0.25) is 0 Å². The molecule has 1 heterocycles. The van der Waals surface area contributed by atoms with E-state index in [1.165, 1.54) is 5.57 Å². The van der Waals surface area contributed by atoms with Gasteiger partial charge in [-0.25, -0.2) is 0 Å². The Hall–Kier alpha value is -2.87. The summed E-state index contributed by atoms with van der Waals surface area (Å²) >= 11 is 0. The lowest BCUT2D eigenvalue weighted by molar-refractivity contribution is 0.475. The highest BCUT2D eigenvalue weighted by Crippen LogP contribution is 2.41. The molecule has 2 aromatic rings. The normalized spacial score (nSPS) is 19.3. The third-order valence-electron chi connectivity index (χ3n) is 4.03. The summed E-state index contributed by atoms with van der Waals surface area (Å²) in [4.78, 5) is 4.86. The SMILES string of the molecule is Oc1ccc(C2=C(c3ccccc3)N=C3C=CC=C[C@H]32)cc1. The molecule has 106 valence electrons. The molecule has 0 bridgehead atoms. The third kappa shape index (κ3) is 2.09. The van der Waals surface area contributed by atoms with E-state index in [4.69, 9.17) is 4.99 Å². The third-order valence-corrected chi connectivity index (χ3v) is 4.03. The molecule has 1 aliphatic heterocycles. The minimum Gasteiger partial charge on any atom is -0.508 e. The van der Waals surface area contributed by atoms with Crippen LogP contribution in [0, 0.1) is 5.92 Å². The van der Waals surface area contributed by atoms with Crippen molar-refractivity contribution >= 4 is 17.0 Å². The fraction of sp³-hybridized carbons (Fsp3) is 0.0500. The van der Waals surface area contributed by atoms with Gasteiger partial charge >= 0.3 is 0 Å². The second kappa shape index (κ2) is 5.15. The number of benzene rings is 2. The number of aromatic hydroxyl groups is 1. The molecule has 1 aliphatic carbocycles. The molecule has 0 radical (unpaired) electrons. The first-order valence-electron chi connectivity index (χ1n) is 7.35. The van der Waals surface area contributed by atoms with Crippen LogP contribution in [-0.2, 0) is 0 Å². The second-order valence-corrected chi connectivity index (χ2v) is 5.43. The summed E-state index contributed by atoms with van der Waals surface area (Å²) in [6.07, 6.45) is 8.34. The fourth-order valence-electron chi connectivity index (χ4n) is 2.99. The second-order valence-electron chi connectivity index (χ2n) is 5.43. The van der Waals surface area contributed by atoms with E-state index < -0.39 is 0 Å². The largest absolute Gasteiger partial charge is 0.508 e. The molecule has 0 saturated carbocycles. The van der Waals surface area contributed by atoms with Crippen molar-refractivity contribution in [2.75, 3.05) is 0 Å². The number of allylic oxidation sites excluding steroid dienone is 5. The zero-order chi connectivity index (χ0) is 14.9. The van der Waals surface area contributed by atoms with Gasteiger partial charge in [-0.05, 0) is 29.3 Å². The van der Waals surface area contributed by atoms with Crippen molar-refractivity contribution in [3.8, 4) is 5.75 Å². The van der Waals surface area contributed by atoms with Crippen LogP contribution in [0.15, 0.2) is 83.9 Å². The lowest BCUT2D eigenvalue weighted by Gasteiger charge is -2.15. The molecule has 1 N–H and O–H groups in total. The predicted molar refractivity (Wildman–Crippen MR) is 90.6 cm³/mol. The maximum Gasteiger partial charge on any atom is 0.115 e. The maximum absolute atomic E-state index is 9.54. The van der Waals surface area contributed by atoms with Gasteiger partial charge in [0, 0.05) is 11.5 Å². The summed E-state index contributed by atoms with van der Waals surface area (Å²) in [7, 11) is 0. The fourth-order valence-corrected chi connectivity index (χ4v) is 2.99. The van der Waals surface area contributed by atoms with Crippen LogP contribution in [0.4, 0.5) is 0 Å². The number of aliphatic imine (C=N–C) groups is 1. The first kappa shape index (κ1) is 12.8. The highest BCUT2D eigenvalue weighted by Gasteiger charge is 2.29. The lowest BCUT2D eigenvalue weighted by Crippen LogP contribution is -2.09. The highest BCUT2D eigenvalue weighted by molar-refractivity contribution is 6.18. The van der Waals surface area contributed by atoms with E-state index in [2.05, 4.69) is 30.4 Å². The Balaban J connectivity index is 1.91. The Morgan fingerprint density at radius 2 is 1.59 bits per heavy atom. The topological polar surface area (TPSA) is 32.6 Å². The number of nitrogens with zero attached hydrogens (tertiary/aromatic N) is 1. The van der Waals surface area contributed by atoms with Gasteiger partial charge in [-0.2, -0.15) is 0 Å². The first-order valence-corrected chi connectivity index (χ1v) is 7.35. The summed E-state index contributed by atoms with van der Waals surface area (Å²) in [5.41, 5.74) is 5.50. The van der Waals surface area contributed by atoms with Crippen molar-refractivity contribution in [3.05, 3.63) is 90.0 Å². The Morgan fingerprint density at radius 1 is 0.818 bits per heavy atom. The zero-order valence-corrected chi connectivity index (χ0v) is 12.0. The standard InChI is InChI=1S/C20H15NO/c22-16-12-10-14(11-13-16)19-17-8-4-5-9-18(17)21-20(19)15-6-2-1-3-7-15/h1-13,17,22H/t17-/m1/s1. The van der Waals surface area contributed by atoms with Gasteiger partial charge in [0.05, 0.1) is 11.4 Å². The number of phenols is 1. The Bertz CT molecular complexity index is 824. The van der Waals surface area contributed by atoms with Crippen molar-refractivity contribution in [2.24, 2.45) is 10.9 Å². The molecular formula is C20H15NO. The summed E-state index contributed by atoms with van der Waals surface area (Å²) in [5.74, 6) is 0.466. The van der Waals surface area contributed by atoms with Gasteiger partial charge in [0.25, 0.3) is 0 Å². The van der Waals surface area contributed by atoms with Gasteiger partial charge in [-0.15, -0.1) is 0 Å². The van der Waals surface area contributed by atoms with Crippen LogP contribution in [0.1, 0.15) is 11.1 Å². The average molecular weight is 285 g/mol. The van der Waals surface area contributed by atoms with Crippen LogP contribution < -0.4 is 0 Å². The lowest BCUT2D eigenvalue weighted by atomic mass is 9.86. The number of hydrogen-bond acceptors (Lipinski definition) is 2. The van der Waals surface area contributed by atoms with E-state index in [0.29, 0.717) is 0 Å². The number of fused-ring (bicyclic) bond motifs is 1. The van der Waals surface area contributed by atoms with Crippen LogP contribution in [0.25, 0.3) is 11.3 Å².